The third kappa shape index (κ3) is 3.71. The molecular formula is C10H10Cl2O. The van der Waals surface area contributed by atoms with Crippen LogP contribution in [0.4, 0.5) is 0 Å². The highest BCUT2D eigenvalue weighted by atomic mass is 35.5. The molecule has 0 atom stereocenters. The Morgan fingerprint density at radius 2 is 1.77 bits per heavy atom. The zero-order valence-corrected chi connectivity index (χ0v) is 8.57. The summed E-state index contributed by atoms with van der Waals surface area (Å²) in [5, 5.41) is 10.1. The van der Waals surface area contributed by atoms with Crippen molar-refractivity contribution in [1.29, 1.82) is 0 Å². The molecule has 0 aliphatic carbocycles. The molecule has 0 aliphatic heterocycles. The maximum Gasteiger partial charge on any atom is 0.0854 e. The Morgan fingerprint density at radius 3 is 2.23 bits per heavy atom. The highest BCUT2D eigenvalue weighted by Gasteiger charge is 1.98. The summed E-state index contributed by atoms with van der Waals surface area (Å²) in [4.78, 5) is 0. The van der Waals surface area contributed by atoms with Crippen molar-refractivity contribution in [3.63, 3.8) is 0 Å². The fraction of sp³-hybridized carbons (Fsp3) is 0.200. The molecule has 0 saturated carbocycles. The molecule has 1 rings (SSSR count). The SMILES string of the molecule is C=C(O)CCc1cc(Cl)cc(Cl)c1. The molecule has 70 valence electrons. The van der Waals surface area contributed by atoms with Gasteiger partial charge in [-0.1, -0.05) is 29.8 Å². The third-order valence-electron chi connectivity index (χ3n) is 1.62. The molecule has 0 heterocycles. The first-order valence-electron chi connectivity index (χ1n) is 3.89. The summed E-state index contributed by atoms with van der Waals surface area (Å²) in [5.41, 5.74) is 1.01. The predicted octanol–water partition coefficient (Wildman–Crippen LogP) is 4.00. The molecule has 0 fully saturated rings. The standard InChI is InChI=1S/C10H10Cl2O/c1-7(13)2-3-8-4-9(11)6-10(12)5-8/h4-6,13H,1-3H2. The number of aliphatic hydroxyl groups excluding tert-OH is 1. The van der Waals surface area contributed by atoms with E-state index in [0.29, 0.717) is 22.9 Å². The molecule has 1 N–H and O–H groups in total. The van der Waals surface area contributed by atoms with E-state index in [1.165, 1.54) is 0 Å². The number of aliphatic hydroxyl groups is 1. The summed E-state index contributed by atoms with van der Waals surface area (Å²) >= 11 is 11.6. The van der Waals surface area contributed by atoms with Crippen LogP contribution in [0, 0.1) is 0 Å². The summed E-state index contributed by atoms with van der Waals surface area (Å²) in [6.07, 6.45) is 1.24. The second-order valence-electron chi connectivity index (χ2n) is 2.84. The van der Waals surface area contributed by atoms with E-state index < -0.39 is 0 Å². The van der Waals surface area contributed by atoms with E-state index in [9.17, 15) is 0 Å². The summed E-state index contributed by atoms with van der Waals surface area (Å²) in [6.45, 7) is 3.40. The predicted molar refractivity (Wildman–Crippen MR) is 56.6 cm³/mol. The van der Waals surface area contributed by atoms with Crippen LogP contribution < -0.4 is 0 Å². The molecule has 0 unspecified atom stereocenters. The van der Waals surface area contributed by atoms with Crippen molar-refractivity contribution in [3.05, 3.63) is 46.1 Å². The average Bonchev–Trinajstić information content (AvgIpc) is 1.99. The Morgan fingerprint density at radius 1 is 1.23 bits per heavy atom. The van der Waals surface area contributed by atoms with E-state index in [2.05, 4.69) is 6.58 Å². The van der Waals surface area contributed by atoms with Crippen molar-refractivity contribution in [2.24, 2.45) is 0 Å². The Hall–Kier alpha value is -0.660. The maximum absolute atomic E-state index is 8.89. The lowest BCUT2D eigenvalue weighted by Gasteiger charge is -2.02. The Labute approximate surface area is 87.6 Å². The first-order valence-corrected chi connectivity index (χ1v) is 4.65. The zero-order valence-electron chi connectivity index (χ0n) is 7.06. The van der Waals surface area contributed by atoms with Gasteiger partial charge in [-0.2, -0.15) is 0 Å². The van der Waals surface area contributed by atoms with Crippen molar-refractivity contribution in [2.45, 2.75) is 12.8 Å². The lowest BCUT2D eigenvalue weighted by Crippen LogP contribution is -1.87. The lowest BCUT2D eigenvalue weighted by molar-refractivity contribution is 0.391. The second kappa shape index (κ2) is 4.54. The van der Waals surface area contributed by atoms with Gasteiger partial charge in [0.05, 0.1) is 5.76 Å². The van der Waals surface area contributed by atoms with E-state index in [4.69, 9.17) is 28.3 Å². The third-order valence-corrected chi connectivity index (χ3v) is 2.06. The van der Waals surface area contributed by atoms with Crippen molar-refractivity contribution < 1.29 is 5.11 Å². The maximum atomic E-state index is 8.89. The van der Waals surface area contributed by atoms with Gasteiger partial charge in [-0.05, 0) is 30.2 Å². The molecule has 0 radical (unpaired) electrons. The smallest absolute Gasteiger partial charge is 0.0854 e. The van der Waals surface area contributed by atoms with Crippen LogP contribution >= 0.6 is 23.2 Å². The first-order chi connectivity index (χ1) is 6.08. The van der Waals surface area contributed by atoms with Crippen LogP contribution in [0.5, 0.6) is 0 Å². The molecule has 1 nitrogen and oxygen atoms in total. The zero-order chi connectivity index (χ0) is 9.84. The van der Waals surface area contributed by atoms with Crippen LogP contribution in [-0.4, -0.2) is 5.11 Å². The highest BCUT2D eigenvalue weighted by molar-refractivity contribution is 6.34. The molecule has 0 amide bonds. The first kappa shape index (κ1) is 10.4. The summed E-state index contributed by atoms with van der Waals surface area (Å²) < 4.78 is 0. The van der Waals surface area contributed by atoms with Crippen LogP contribution in [-0.2, 0) is 6.42 Å². The normalized spacial score (nSPS) is 10.0. The van der Waals surface area contributed by atoms with Gasteiger partial charge in [-0.25, -0.2) is 0 Å². The molecule has 13 heavy (non-hydrogen) atoms. The minimum Gasteiger partial charge on any atom is -0.513 e. The summed E-state index contributed by atoms with van der Waals surface area (Å²) in [7, 11) is 0. The fourth-order valence-electron chi connectivity index (χ4n) is 1.04. The van der Waals surface area contributed by atoms with Gasteiger partial charge in [-0.15, -0.1) is 0 Å². The largest absolute Gasteiger partial charge is 0.513 e. The van der Waals surface area contributed by atoms with Gasteiger partial charge in [0.1, 0.15) is 0 Å². The van der Waals surface area contributed by atoms with Gasteiger partial charge in [0.25, 0.3) is 0 Å². The van der Waals surface area contributed by atoms with Gasteiger partial charge in [0, 0.05) is 16.5 Å². The molecule has 0 bridgehead atoms. The molecule has 3 heteroatoms. The second-order valence-corrected chi connectivity index (χ2v) is 3.72. The molecule has 1 aromatic carbocycles. The van der Waals surface area contributed by atoms with Crippen LogP contribution in [0.1, 0.15) is 12.0 Å². The Balaban J connectivity index is 2.71. The van der Waals surface area contributed by atoms with Crippen LogP contribution in [0.3, 0.4) is 0 Å². The molecule has 0 aliphatic rings. The lowest BCUT2D eigenvalue weighted by atomic mass is 10.1. The Bertz CT molecular complexity index is 300. The van der Waals surface area contributed by atoms with Crippen molar-refractivity contribution in [2.75, 3.05) is 0 Å². The van der Waals surface area contributed by atoms with Crippen molar-refractivity contribution >= 4 is 23.2 Å². The van der Waals surface area contributed by atoms with Crippen LogP contribution in [0.2, 0.25) is 10.0 Å². The fourth-order valence-corrected chi connectivity index (χ4v) is 1.62. The van der Waals surface area contributed by atoms with Gasteiger partial charge in [0.15, 0.2) is 0 Å². The van der Waals surface area contributed by atoms with Gasteiger partial charge in [-0.3, -0.25) is 0 Å². The van der Waals surface area contributed by atoms with Gasteiger partial charge < -0.3 is 5.11 Å². The van der Waals surface area contributed by atoms with E-state index in [-0.39, 0.29) is 5.76 Å². The van der Waals surface area contributed by atoms with Gasteiger partial charge in [0.2, 0.25) is 0 Å². The van der Waals surface area contributed by atoms with Crippen LogP contribution in [0.15, 0.2) is 30.5 Å². The molecule has 0 aromatic heterocycles. The summed E-state index contributed by atoms with van der Waals surface area (Å²) in [6, 6.07) is 5.34. The molecule has 0 spiro atoms. The highest BCUT2D eigenvalue weighted by Crippen LogP contribution is 2.20. The number of hydrogen-bond donors (Lipinski definition) is 1. The van der Waals surface area contributed by atoms with E-state index >= 15 is 0 Å². The van der Waals surface area contributed by atoms with Gasteiger partial charge >= 0.3 is 0 Å². The number of allylic oxidation sites excluding steroid dienone is 1. The van der Waals surface area contributed by atoms with E-state index in [0.717, 1.165) is 5.56 Å². The number of rotatable bonds is 3. The monoisotopic (exact) mass is 216 g/mol. The minimum atomic E-state index is 0.177. The van der Waals surface area contributed by atoms with E-state index in [1.54, 1.807) is 6.07 Å². The minimum absolute atomic E-state index is 0.177. The van der Waals surface area contributed by atoms with Crippen molar-refractivity contribution in [3.8, 4) is 0 Å². The number of benzene rings is 1. The summed E-state index contributed by atoms with van der Waals surface area (Å²) in [5.74, 6) is 0.177. The topological polar surface area (TPSA) is 20.2 Å². The molecule has 0 saturated heterocycles. The average molecular weight is 217 g/mol. The molecular weight excluding hydrogens is 207 g/mol. The van der Waals surface area contributed by atoms with Crippen molar-refractivity contribution in [1.82, 2.24) is 0 Å². The van der Waals surface area contributed by atoms with Crippen LogP contribution in [0.25, 0.3) is 0 Å². The quantitative estimate of drug-likeness (QED) is 0.758. The molecule has 1 aromatic rings. The number of halogens is 2. The number of hydrogen-bond acceptors (Lipinski definition) is 1. The van der Waals surface area contributed by atoms with E-state index in [1.807, 2.05) is 12.1 Å². The Kier molecular flexibility index (Phi) is 3.64. The number of aryl methyl sites for hydroxylation is 1.